The molecule has 1 unspecified atom stereocenters. The van der Waals surface area contributed by atoms with Crippen molar-refractivity contribution < 1.29 is 14.7 Å². The summed E-state index contributed by atoms with van der Waals surface area (Å²) >= 11 is 0. The maximum Gasteiger partial charge on any atom is 0.326 e. The van der Waals surface area contributed by atoms with Crippen LogP contribution in [0.5, 0.6) is 0 Å². The summed E-state index contributed by atoms with van der Waals surface area (Å²) in [6.45, 7) is 1.18. The minimum Gasteiger partial charge on any atom is -0.480 e. The average Bonchev–Trinajstić information content (AvgIpc) is 2.89. The number of piperidine rings is 1. The molecule has 0 saturated carbocycles. The lowest BCUT2D eigenvalue weighted by molar-refractivity contribution is -0.152. The molecule has 1 aromatic rings. The molecule has 0 bridgehead atoms. The lowest BCUT2D eigenvalue weighted by atomic mass is 10.0. The standard InChI is InChI=1S/C13H18N2O3/c16-12(6-10-14-7-3-4-8-14)15-9-2-1-5-11(15)13(17)18/h3-4,7-8,11H,1-2,5-6,9-10H2,(H,17,18). The Balaban J connectivity index is 1.92. The maximum atomic E-state index is 12.1. The maximum absolute atomic E-state index is 12.1. The summed E-state index contributed by atoms with van der Waals surface area (Å²) < 4.78 is 1.93. The highest BCUT2D eigenvalue weighted by molar-refractivity contribution is 5.83. The van der Waals surface area contributed by atoms with Gasteiger partial charge in [0.25, 0.3) is 0 Å². The average molecular weight is 250 g/mol. The number of likely N-dealkylation sites (tertiary alicyclic amines) is 1. The van der Waals surface area contributed by atoms with Gasteiger partial charge in [-0.3, -0.25) is 4.79 Å². The zero-order valence-electron chi connectivity index (χ0n) is 10.3. The second kappa shape index (κ2) is 5.71. The molecule has 0 aromatic carbocycles. The van der Waals surface area contributed by atoms with Crippen molar-refractivity contribution >= 4 is 11.9 Å². The van der Waals surface area contributed by atoms with E-state index < -0.39 is 12.0 Å². The smallest absolute Gasteiger partial charge is 0.326 e. The highest BCUT2D eigenvalue weighted by atomic mass is 16.4. The lowest BCUT2D eigenvalue weighted by Crippen LogP contribution is -2.48. The Kier molecular flexibility index (Phi) is 4.02. The predicted molar refractivity (Wildman–Crippen MR) is 66.0 cm³/mol. The number of nitrogens with zero attached hydrogens (tertiary/aromatic N) is 2. The normalized spacial score (nSPS) is 19.8. The van der Waals surface area contributed by atoms with Gasteiger partial charge >= 0.3 is 5.97 Å². The molecule has 1 saturated heterocycles. The van der Waals surface area contributed by atoms with E-state index in [0.717, 1.165) is 12.8 Å². The molecule has 1 aliphatic rings. The molecule has 1 N–H and O–H groups in total. The summed E-state index contributed by atoms with van der Waals surface area (Å²) in [6, 6.07) is 3.19. The van der Waals surface area contributed by atoms with Crippen LogP contribution in [0.25, 0.3) is 0 Å². The number of aromatic nitrogens is 1. The number of aliphatic carboxylic acids is 1. The molecule has 0 spiro atoms. The Morgan fingerprint density at radius 1 is 1.22 bits per heavy atom. The summed E-state index contributed by atoms with van der Waals surface area (Å²) in [5, 5.41) is 9.11. The molecule has 0 radical (unpaired) electrons. The van der Waals surface area contributed by atoms with Gasteiger partial charge in [0.2, 0.25) is 5.91 Å². The van der Waals surface area contributed by atoms with Gasteiger partial charge < -0.3 is 14.6 Å². The van der Waals surface area contributed by atoms with Gasteiger partial charge in [0, 0.05) is 31.9 Å². The summed E-state index contributed by atoms with van der Waals surface area (Å²) in [5.41, 5.74) is 0. The van der Waals surface area contributed by atoms with Crippen molar-refractivity contribution in [1.29, 1.82) is 0 Å². The van der Waals surface area contributed by atoms with Crippen molar-refractivity contribution in [3.8, 4) is 0 Å². The quantitative estimate of drug-likeness (QED) is 0.877. The highest BCUT2D eigenvalue weighted by Crippen LogP contribution is 2.18. The molecule has 2 rings (SSSR count). The van der Waals surface area contributed by atoms with E-state index in [1.165, 1.54) is 4.90 Å². The fourth-order valence-corrected chi connectivity index (χ4v) is 2.37. The van der Waals surface area contributed by atoms with Gasteiger partial charge in [-0.05, 0) is 31.4 Å². The van der Waals surface area contributed by atoms with Crippen molar-refractivity contribution in [2.45, 2.75) is 38.3 Å². The number of rotatable bonds is 4. The second-order valence-electron chi connectivity index (χ2n) is 4.61. The van der Waals surface area contributed by atoms with E-state index in [1.54, 1.807) is 0 Å². The molecule has 1 aromatic heterocycles. The van der Waals surface area contributed by atoms with E-state index in [1.807, 2.05) is 29.1 Å². The van der Waals surface area contributed by atoms with Crippen molar-refractivity contribution in [3.63, 3.8) is 0 Å². The van der Waals surface area contributed by atoms with Crippen molar-refractivity contribution in [2.24, 2.45) is 0 Å². The molecule has 1 atom stereocenters. The molecule has 1 fully saturated rings. The van der Waals surface area contributed by atoms with Gasteiger partial charge in [0.15, 0.2) is 0 Å². The minimum atomic E-state index is -0.885. The molecule has 18 heavy (non-hydrogen) atoms. The van der Waals surface area contributed by atoms with Gasteiger partial charge in [-0.1, -0.05) is 0 Å². The molecule has 5 nitrogen and oxygen atoms in total. The van der Waals surface area contributed by atoms with Gasteiger partial charge in [-0.15, -0.1) is 0 Å². The van der Waals surface area contributed by atoms with Crippen molar-refractivity contribution in [3.05, 3.63) is 24.5 Å². The van der Waals surface area contributed by atoms with Gasteiger partial charge in [-0.2, -0.15) is 0 Å². The number of carboxylic acid groups (broad SMARTS) is 1. The van der Waals surface area contributed by atoms with Crippen LogP contribution in [-0.4, -0.2) is 39.0 Å². The fraction of sp³-hybridized carbons (Fsp3) is 0.538. The summed E-state index contributed by atoms with van der Waals surface area (Å²) in [4.78, 5) is 24.7. The molecule has 0 aliphatic carbocycles. The Labute approximate surface area is 106 Å². The first-order chi connectivity index (χ1) is 8.68. The molecule has 5 heteroatoms. The monoisotopic (exact) mass is 250 g/mol. The van der Waals surface area contributed by atoms with Crippen LogP contribution in [-0.2, 0) is 16.1 Å². The Hall–Kier alpha value is -1.78. The van der Waals surface area contributed by atoms with E-state index >= 15 is 0 Å². The minimum absolute atomic E-state index is 0.0594. The van der Waals surface area contributed by atoms with Gasteiger partial charge in [0.05, 0.1) is 0 Å². The Bertz CT molecular complexity index is 414. The first-order valence-electron chi connectivity index (χ1n) is 6.31. The largest absolute Gasteiger partial charge is 0.480 e. The van der Waals surface area contributed by atoms with Crippen LogP contribution in [0.4, 0.5) is 0 Å². The van der Waals surface area contributed by atoms with Crippen LogP contribution >= 0.6 is 0 Å². The topological polar surface area (TPSA) is 62.5 Å². The molecular weight excluding hydrogens is 232 g/mol. The Morgan fingerprint density at radius 2 is 1.94 bits per heavy atom. The van der Waals surface area contributed by atoms with Crippen molar-refractivity contribution in [2.75, 3.05) is 6.54 Å². The van der Waals surface area contributed by atoms with Crippen molar-refractivity contribution in [1.82, 2.24) is 9.47 Å². The van der Waals surface area contributed by atoms with Gasteiger partial charge in [-0.25, -0.2) is 4.79 Å². The van der Waals surface area contributed by atoms with Crippen LogP contribution in [0.15, 0.2) is 24.5 Å². The van der Waals surface area contributed by atoms with Gasteiger partial charge in [0.1, 0.15) is 6.04 Å². The van der Waals surface area contributed by atoms with Crippen LogP contribution in [0.3, 0.4) is 0 Å². The zero-order chi connectivity index (χ0) is 13.0. The summed E-state index contributed by atoms with van der Waals surface area (Å²) in [6.07, 6.45) is 6.52. The third-order valence-corrected chi connectivity index (χ3v) is 3.36. The van der Waals surface area contributed by atoms with E-state index in [9.17, 15) is 9.59 Å². The summed E-state index contributed by atoms with van der Waals surface area (Å²) in [5.74, 6) is -0.945. The molecule has 2 heterocycles. The zero-order valence-corrected chi connectivity index (χ0v) is 10.3. The number of carboxylic acids is 1. The number of aryl methyl sites for hydroxylation is 1. The number of carbonyl (C=O) groups is 2. The molecule has 98 valence electrons. The van der Waals surface area contributed by atoms with Crippen LogP contribution in [0.1, 0.15) is 25.7 Å². The highest BCUT2D eigenvalue weighted by Gasteiger charge is 2.31. The van der Waals surface area contributed by atoms with E-state index in [0.29, 0.717) is 25.9 Å². The van der Waals surface area contributed by atoms with E-state index in [-0.39, 0.29) is 5.91 Å². The molecular formula is C13H18N2O3. The first-order valence-corrected chi connectivity index (χ1v) is 6.31. The first kappa shape index (κ1) is 12.7. The van der Waals surface area contributed by atoms with E-state index in [2.05, 4.69) is 0 Å². The van der Waals surface area contributed by atoms with Crippen LogP contribution in [0.2, 0.25) is 0 Å². The third kappa shape index (κ3) is 2.91. The summed E-state index contributed by atoms with van der Waals surface area (Å²) in [7, 11) is 0. The van der Waals surface area contributed by atoms with Crippen LogP contribution in [0, 0.1) is 0 Å². The number of amides is 1. The lowest BCUT2D eigenvalue weighted by Gasteiger charge is -2.33. The molecule has 1 amide bonds. The SMILES string of the molecule is O=C(O)C1CCCCN1C(=O)CCn1cccc1. The number of carbonyl (C=O) groups excluding carboxylic acids is 1. The van der Waals surface area contributed by atoms with Crippen LogP contribution < -0.4 is 0 Å². The third-order valence-electron chi connectivity index (χ3n) is 3.36. The second-order valence-corrected chi connectivity index (χ2v) is 4.61. The number of hydrogen-bond acceptors (Lipinski definition) is 2. The number of hydrogen-bond donors (Lipinski definition) is 1. The molecule has 1 aliphatic heterocycles. The fourth-order valence-electron chi connectivity index (χ4n) is 2.37. The Morgan fingerprint density at radius 3 is 2.61 bits per heavy atom. The van der Waals surface area contributed by atoms with E-state index in [4.69, 9.17) is 5.11 Å². The predicted octanol–water partition coefficient (Wildman–Crippen LogP) is 1.34.